The van der Waals surface area contributed by atoms with E-state index in [0.29, 0.717) is 0 Å². The van der Waals surface area contributed by atoms with Crippen LogP contribution in [0.5, 0.6) is 0 Å². The van der Waals surface area contributed by atoms with Gasteiger partial charge in [0.15, 0.2) is 0 Å². The van der Waals surface area contributed by atoms with Crippen LogP contribution in [-0.2, 0) is 6.42 Å². The lowest BCUT2D eigenvalue weighted by Crippen LogP contribution is -2.33. The first-order chi connectivity index (χ1) is 7.07. The van der Waals surface area contributed by atoms with Gasteiger partial charge in [-0.3, -0.25) is 0 Å². The summed E-state index contributed by atoms with van der Waals surface area (Å²) in [5.41, 5.74) is 8.12. The number of hydrogen-bond acceptors (Lipinski definition) is 2. The number of nitrogens with two attached hydrogens (primary N) is 1. The third-order valence-corrected chi connectivity index (χ3v) is 2.89. The molecular formula is C13H21NO. The molecule has 1 rings (SSSR count). The van der Waals surface area contributed by atoms with E-state index < -0.39 is 6.10 Å². The van der Waals surface area contributed by atoms with Crippen molar-refractivity contribution >= 4 is 0 Å². The third-order valence-electron chi connectivity index (χ3n) is 2.89. The van der Waals surface area contributed by atoms with Crippen molar-refractivity contribution in [3.8, 4) is 0 Å². The fraction of sp³-hybridized carbons (Fsp3) is 0.538. The van der Waals surface area contributed by atoms with Crippen LogP contribution in [0.3, 0.4) is 0 Å². The van der Waals surface area contributed by atoms with Gasteiger partial charge in [-0.2, -0.15) is 0 Å². The van der Waals surface area contributed by atoms with Crippen LogP contribution in [0.15, 0.2) is 24.3 Å². The van der Waals surface area contributed by atoms with Crippen molar-refractivity contribution < 1.29 is 5.11 Å². The van der Waals surface area contributed by atoms with Crippen LogP contribution in [0.2, 0.25) is 0 Å². The second kappa shape index (κ2) is 5.29. The smallest absolute Gasteiger partial charge is 0.0946 e. The number of rotatable bonds is 4. The largest absolute Gasteiger partial charge is 0.387 e. The Labute approximate surface area is 92.1 Å². The summed E-state index contributed by atoms with van der Waals surface area (Å²) in [6.07, 6.45) is 0.374. The lowest BCUT2D eigenvalue weighted by molar-refractivity contribution is 0.125. The van der Waals surface area contributed by atoms with E-state index in [9.17, 15) is 5.11 Å². The maximum atomic E-state index is 10.1. The second-order valence-corrected chi connectivity index (χ2v) is 4.32. The topological polar surface area (TPSA) is 46.2 Å². The number of aliphatic hydroxyl groups excluding tert-OH is 1. The minimum Gasteiger partial charge on any atom is -0.387 e. The number of benzene rings is 1. The molecule has 84 valence electrons. The molecule has 0 amide bonds. The predicted molar refractivity (Wildman–Crippen MR) is 63.6 cm³/mol. The summed E-state index contributed by atoms with van der Waals surface area (Å²) in [5, 5.41) is 10.1. The van der Waals surface area contributed by atoms with Crippen LogP contribution in [0, 0.1) is 5.92 Å². The minimum absolute atomic E-state index is 0.197. The van der Waals surface area contributed by atoms with Crippen molar-refractivity contribution in [2.45, 2.75) is 39.3 Å². The van der Waals surface area contributed by atoms with E-state index in [1.807, 2.05) is 38.1 Å². The van der Waals surface area contributed by atoms with Gasteiger partial charge in [-0.05, 0) is 23.5 Å². The molecule has 0 spiro atoms. The maximum Gasteiger partial charge on any atom is 0.0946 e. The first-order valence-corrected chi connectivity index (χ1v) is 5.59. The zero-order chi connectivity index (χ0) is 11.4. The van der Waals surface area contributed by atoms with E-state index >= 15 is 0 Å². The van der Waals surface area contributed by atoms with E-state index in [1.165, 1.54) is 5.56 Å². The summed E-state index contributed by atoms with van der Waals surface area (Å²) in [6, 6.07) is 7.76. The molecule has 0 bridgehead atoms. The lowest BCUT2D eigenvalue weighted by atomic mass is 9.91. The van der Waals surface area contributed by atoms with Crippen LogP contribution in [0.1, 0.15) is 38.0 Å². The van der Waals surface area contributed by atoms with Crippen molar-refractivity contribution in [1.29, 1.82) is 0 Å². The fourth-order valence-corrected chi connectivity index (χ4v) is 1.72. The van der Waals surface area contributed by atoms with Crippen molar-refractivity contribution in [1.82, 2.24) is 0 Å². The summed E-state index contributed by atoms with van der Waals surface area (Å²) < 4.78 is 0. The molecule has 15 heavy (non-hydrogen) atoms. The van der Waals surface area contributed by atoms with E-state index in [1.54, 1.807) is 0 Å². The number of hydrogen-bond donors (Lipinski definition) is 2. The first-order valence-electron chi connectivity index (χ1n) is 5.59. The minimum atomic E-state index is -0.554. The molecule has 0 aliphatic carbocycles. The molecule has 0 saturated carbocycles. The van der Waals surface area contributed by atoms with Crippen LogP contribution < -0.4 is 5.73 Å². The van der Waals surface area contributed by atoms with E-state index in [0.717, 1.165) is 12.0 Å². The van der Waals surface area contributed by atoms with E-state index in [2.05, 4.69) is 6.92 Å². The van der Waals surface area contributed by atoms with Gasteiger partial charge in [0, 0.05) is 6.04 Å². The molecule has 1 aromatic carbocycles. The van der Waals surface area contributed by atoms with Crippen LogP contribution in [-0.4, -0.2) is 11.1 Å². The molecule has 1 aromatic rings. The van der Waals surface area contributed by atoms with Crippen molar-refractivity contribution in [2.75, 3.05) is 0 Å². The van der Waals surface area contributed by atoms with E-state index in [-0.39, 0.29) is 12.0 Å². The summed E-state index contributed by atoms with van der Waals surface area (Å²) in [6.45, 7) is 6.15. The maximum absolute atomic E-state index is 10.1. The zero-order valence-corrected chi connectivity index (χ0v) is 9.77. The molecule has 0 radical (unpaired) electrons. The molecule has 2 unspecified atom stereocenters. The van der Waals surface area contributed by atoms with Gasteiger partial charge in [-0.1, -0.05) is 45.0 Å². The second-order valence-electron chi connectivity index (χ2n) is 4.32. The highest BCUT2D eigenvalue weighted by Crippen LogP contribution is 2.23. The Kier molecular flexibility index (Phi) is 4.30. The van der Waals surface area contributed by atoms with Gasteiger partial charge in [0.1, 0.15) is 0 Å². The van der Waals surface area contributed by atoms with Gasteiger partial charge in [0.25, 0.3) is 0 Å². The standard InChI is InChI=1S/C13H21NO/c1-4-10-7-5-6-8-11(10)13(15)12(14)9(2)3/h5-9,12-13,15H,4,14H2,1-3H3. The Morgan fingerprint density at radius 2 is 1.87 bits per heavy atom. The molecule has 0 aliphatic rings. The van der Waals surface area contributed by atoms with Gasteiger partial charge in [0.2, 0.25) is 0 Å². The van der Waals surface area contributed by atoms with E-state index in [4.69, 9.17) is 5.73 Å². The van der Waals surface area contributed by atoms with Crippen LogP contribution >= 0.6 is 0 Å². The first kappa shape index (κ1) is 12.2. The van der Waals surface area contributed by atoms with Gasteiger partial charge in [-0.15, -0.1) is 0 Å². The molecule has 0 saturated heterocycles. The lowest BCUT2D eigenvalue weighted by Gasteiger charge is -2.24. The molecule has 3 N–H and O–H groups in total. The molecule has 0 fully saturated rings. The van der Waals surface area contributed by atoms with Crippen molar-refractivity contribution in [3.63, 3.8) is 0 Å². The molecule has 2 heteroatoms. The average molecular weight is 207 g/mol. The number of aryl methyl sites for hydroxylation is 1. The van der Waals surface area contributed by atoms with Gasteiger partial charge in [0.05, 0.1) is 6.10 Å². The monoisotopic (exact) mass is 207 g/mol. The predicted octanol–water partition coefficient (Wildman–Crippen LogP) is 2.27. The molecule has 0 aliphatic heterocycles. The Bertz CT molecular complexity index is 309. The zero-order valence-electron chi connectivity index (χ0n) is 9.77. The Balaban J connectivity index is 2.94. The van der Waals surface area contributed by atoms with Crippen LogP contribution in [0.4, 0.5) is 0 Å². The third kappa shape index (κ3) is 2.80. The SMILES string of the molecule is CCc1ccccc1C(O)C(N)C(C)C. The molecule has 2 nitrogen and oxygen atoms in total. The summed E-state index contributed by atoms with van der Waals surface area (Å²) >= 11 is 0. The van der Waals surface area contributed by atoms with Gasteiger partial charge < -0.3 is 10.8 Å². The Hall–Kier alpha value is -0.860. The van der Waals surface area contributed by atoms with Gasteiger partial charge >= 0.3 is 0 Å². The molecule has 0 heterocycles. The summed E-state index contributed by atoms with van der Waals surface area (Å²) in [4.78, 5) is 0. The Morgan fingerprint density at radius 3 is 2.40 bits per heavy atom. The number of aliphatic hydroxyl groups is 1. The van der Waals surface area contributed by atoms with Crippen LogP contribution in [0.25, 0.3) is 0 Å². The van der Waals surface area contributed by atoms with Gasteiger partial charge in [-0.25, -0.2) is 0 Å². The highest BCUT2D eigenvalue weighted by molar-refractivity contribution is 5.30. The molecule has 0 aromatic heterocycles. The Morgan fingerprint density at radius 1 is 1.27 bits per heavy atom. The summed E-state index contributed by atoms with van der Waals surface area (Å²) in [5.74, 6) is 0.282. The quantitative estimate of drug-likeness (QED) is 0.795. The highest BCUT2D eigenvalue weighted by atomic mass is 16.3. The molecule has 2 atom stereocenters. The molecular weight excluding hydrogens is 186 g/mol. The normalized spacial score (nSPS) is 15.3. The summed E-state index contributed by atoms with van der Waals surface area (Å²) in [7, 11) is 0. The van der Waals surface area contributed by atoms with Crippen molar-refractivity contribution in [2.24, 2.45) is 11.7 Å². The average Bonchev–Trinajstić information content (AvgIpc) is 2.26. The highest BCUT2D eigenvalue weighted by Gasteiger charge is 2.21. The van der Waals surface area contributed by atoms with Crippen molar-refractivity contribution in [3.05, 3.63) is 35.4 Å². The fourth-order valence-electron chi connectivity index (χ4n) is 1.72.